The molecule has 5 atom stereocenters. The molecule has 2 fully saturated rings. The van der Waals surface area contributed by atoms with E-state index in [4.69, 9.17) is 9.47 Å². The van der Waals surface area contributed by atoms with Gasteiger partial charge in [0.15, 0.2) is 11.5 Å². The molecule has 40 heavy (non-hydrogen) atoms. The Kier molecular flexibility index (Phi) is 5.99. The van der Waals surface area contributed by atoms with Crippen LogP contribution in [-0.4, -0.2) is 71.2 Å². The molecule has 4 aliphatic rings. The van der Waals surface area contributed by atoms with Crippen LogP contribution in [0.5, 0.6) is 11.5 Å². The number of carbonyl (C=O) groups excluding carboxylic acids is 2. The minimum atomic E-state index is -4.45. The number of likely N-dealkylation sites (N-methyl/N-ethyl adjacent to an activating group) is 2. The summed E-state index contributed by atoms with van der Waals surface area (Å²) in [6, 6.07) is 7.42. The molecule has 0 aromatic heterocycles. The van der Waals surface area contributed by atoms with Crippen molar-refractivity contribution in [3.8, 4) is 23.3 Å². The van der Waals surface area contributed by atoms with Crippen molar-refractivity contribution in [1.82, 2.24) is 9.80 Å². The molecule has 1 saturated heterocycles. The molecule has 1 spiro atoms. The van der Waals surface area contributed by atoms with Crippen LogP contribution in [0.25, 0.3) is 0 Å². The first-order chi connectivity index (χ1) is 18.9. The molecular formula is C30H29F3N2O5. The third-order valence-corrected chi connectivity index (χ3v) is 9.28. The summed E-state index contributed by atoms with van der Waals surface area (Å²) < 4.78 is 50.7. The Labute approximate surface area is 229 Å². The Bertz CT molecular complexity index is 1460. The third-order valence-electron chi connectivity index (χ3n) is 9.28. The molecule has 2 aliphatic heterocycles. The summed E-state index contributed by atoms with van der Waals surface area (Å²) in [5, 5.41) is 12.4. The van der Waals surface area contributed by atoms with E-state index in [1.807, 2.05) is 13.1 Å². The van der Waals surface area contributed by atoms with Gasteiger partial charge in [-0.3, -0.25) is 9.59 Å². The average molecular weight is 555 g/mol. The van der Waals surface area contributed by atoms with Crippen LogP contribution >= 0.6 is 0 Å². The molecule has 210 valence electrons. The van der Waals surface area contributed by atoms with E-state index in [1.165, 1.54) is 24.0 Å². The topological polar surface area (TPSA) is 79.3 Å². The number of ether oxygens (including phenoxy) is 2. The van der Waals surface area contributed by atoms with Crippen molar-refractivity contribution in [3.05, 3.63) is 58.7 Å². The molecule has 2 heterocycles. The molecule has 2 aromatic carbocycles. The number of hydrogen-bond donors (Lipinski definition) is 1. The second-order valence-corrected chi connectivity index (χ2v) is 11.3. The van der Waals surface area contributed by atoms with Crippen LogP contribution in [0.1, 0.15) is 48.4 Å². The number of benzene rings is 2. The third kappa shape index (κ3) is 3.75. The van der Waals surface area contributed by atoms with Crippen LogP contribution in [0.4, 0.5) is 13.2 Å². The van der Waals surface area contributed by atoms with Crippen LogP contribution in [0.15, 0.2) is 36.4 Å². The number of rotatable bonds is 2. The average Bonchev–Trinajstić information content (AvgIpc) is 3.25. The van der Waals surface area contributed by atoms with Gasteiger partial charge in [-0.05, 0) is 75.2 Å². The van der Waals surface area contributed by atoms with Crippen LogP contribution in [-0.2, 0) is 27.6 Å². The van der Waals surface area contributed by atoms with Gasteiger partial charge in [0.25, 0.3) is 5.91 Å². The highest BCUT2D eigenvalue weighted by Crippen LogP contribution is 2.65. The first-order valence-electron chi connectivity index (χ1n) is 13.3. The van der Waals surface area contributed by atoms with Gasteiger partial charge in [-0.1, -0.05) is 12.0 Å². The maximum absolute atomic E-state index is 13.3. The number of hydrogen-bond acceptors (Lipinski definition) is 6. The van der Waals surface area contributed by atoms with Crippen molar-refractivity contribution in [1.29, 1.82) is 0 Å². The number of alkyl halides is 3. The maximum atomic E-state index is 13.3. The quantitative estimate of drug-likeness (QED) is 0.349. The molecule has 2 aliphatic carbocycles. The highest BCUT2D eigenvalue weighted by atomic mass is 19.4. The number of likely N-dealkylation sites (tertiary alicyclic amines) is 1. The molecule has 0 radical (unpaired) electrons. The first kappa shape index (κ1) is 26.7. The van der Waals surface area contributed by atoms with E-state index in [-0.39, 0.29) is 11.6 Å². The monoisotopic (exact) mass is 554 g/mol. The maximum Gasteiger partial charge on any atom is 0.416 e. The zero-order chi connectivity index (χ0) is 28.6. The summed E-state index contributed by atoms with van der Waals surface area (Å²) in [4.78, 5) is 28.8. The summed E-state index contributed by atoms with van der Waals surface area (Å²) in [6.45, 7) is 2.04. The molecule has 1 N–H and O–H groups in total. The fourth-order valence-electron chi connectivity index (χ4n) is 7.46. The number of halogens is 3. The summed E-state index contributed by atoms with van der Waals surface area (Å²) in [7, 11) is 3.64. The fraction of sp³-hybridized carbons (Fsp3) is 0.467. The number of aliphatic hydroxyl groups is 1. The van der Waals surface area contributed by atoms with E-state index in [0.29, 0.717) is 37.2 Å². The normalized spacial score (nSPS) is 29.9. The van der Waals surface area contributed by atoms with Gasteiger partial charge >= 0.3 is 12.1 Å². The Hall–Kier alpha value is -3.55. The molecule has 1 amide bonds. The van der Waals surface area contributed by atoms with E-state index in [1.54, 1.807) is 13.1 Å². The predicted octanol–water partition coefficient (Wildman–Crippen LogP) is 3.29. The van der Waals surface area contributed by atoms with Crippen molar-refractivity contribution >= 4 is 11.9 Å². The highest BCUT2D eigenvalue weighted by molar-refractivity contribution is 5.94. The SMILES string of the molecule is CC(=O)Oc1ccc2c3c1O[C@H]1[C@@H](N(C)C(=O)C#Cc4ccc(C(F)(F)F)cc4)CCC4(O)[C@@H](C2)N(C)CC[C@]314. The minimum absolute atomic E-state index is 0.133. The van der Waals surface area contributed by atoms with Gasteiger partial charge in [-0.15, -0.1) is 0 Å². The smallest absolute Gasteiger partial charge is 0.416 e. The molecule has 6 rings (SSSR count). The molecule has 2 aromatic rings. The number of carbonyl (C=O) groups is 2. The minimum Gasteiger partial charge on any atom is -0.483 e. The van der Waals surface area contributed by atoms with Gasteiger partial charge in [-0.2, -0.15) is 13.2 Å². The number of esters is 1. The largest absolute Gasteiger partial charge is 0.483 e. The number of amides is 1. The lowest BCUT2D eigenvalue weighted by atomic mass is 9.48. The van der Waals surface area contributed by atoms with Gasteiger partial charge in [0.1, 0.15) is 6.10 Å². The molecular weight excluding hydrogens is 525 g/mol. The predicted molar refractivity (Wildman–Crippen MR) is 138 cm³/mol. The van der Waals surface area contributed by atoms with E-state index < -0.39 is 46.8 Å². The summed E-state index contributed by atoms with van der Waals surface area (Å²) in [6.07, 6.45) is -2.93. The van der Waals surface area contributed by atoms with Crippen LogP contribution < -0.4 is 9.47 Å². The Morgan fingerprint density at radius 3 is 2.58 bits per heavy atom. The van der Waals surface area contributed by atoms with Crippen LogP contribution in [0.3, 0.4) is 0 Å². The van der Waals surface area contributed by atoms with Crippen molar-refractivity contribution in [2.24, 2.45) is 0 Å². The number of nitrogens with zero attached hydrogens (tertiary/aromatic N) is 2. The van der Waals surface area contributed by atoms with Gasteiger partial charge in [0, 0.05) is 37.1 Å². The Morgan fingerprint density at radius 2 is 1.90 bits per heavy atom. The van der Waals surface area contributed by atoms with Crippen molar-refractivity contribution in [2.75, 3.05) is 20.6 Å². The molecule has 2 bridgehead atoms. The molecule has 7 nitrogen and oxygen atoms in total. The van der Waals surface area contributed by atoms with Gasteiger partial charge in [0.2, 0.25) is 0 Å². The molecule has 1 saturated carbocycles. The van der Waals surface area contributed by atoms with E-state index >= 15 is 0 Å². The van der Waals surface area contributed by atoms with Crippen LogP contribution in [0, 0.1) is 11.8 Å². The summed E-state index contributed by atoms with van der Waals surface area (Å²) in [5.41, 5.74) is -0.511. The highest BCUT2D eigenvalue weighted by Gasteiger charge is 2.73. The summed E-state index contributed by atoms with van der Waals surface area (Å²) in [5.74, 6) is 4.98. The lowest BCUT2D eigenvalue weighted by Gasteiger charge is -2.64. The van der Waals surface area contributed by atoms with E-state index in [2.05, 4.69) is 16.7 Å². The van der Waals surface area contributed by atoms with Crippen molar-refractivity contribution < 1.29 is 37.3 Å². The van der Waals surface area contributed by atoms with Gasteiger partial charge < -0.3 is 24.4 Å². The zero-order valence-corrected chi connectivity index (χ0v) is 22.3. The van der Waals surface area contributed by atoms with Crippen molar-refractivity contribution in [2.45, 2.75) is 68.0 Å². The molecule has 1 unspecified atom stereocenters. The van der Waals surface area contributed by atoms with Crippen LogP contribution in [0.2, 0.25) is 0 Å². The van der Waals surface area contributed by atoms with Gasteiger partial charge in [-0.25, -0.2) is 0 Å². The second kappa shape index (κ2) is 8.98. The van der Waals surface area contributed by atoms with Gasteiger partial charge in [0.05, 0.1) is 22.6 Å². The lowest BCUT2D eigenvalue weighted by Crippen LogP contribution is -2.77. The Balaban J connectivity index is 1.35. The second-order valence-electron chi connectivity index (χ2n) is 11.3. The first-order valence-corrected chi connectivity index (χ1v) is 13.3. The fourth-order valence-corrected chi connectivity index (χ4v) is 7.46. The molecule has 10 heteroatoms. The Morgan fingerprint density at radius 1 is 1.18 bits per heavy atom. The van der Waals surface area contributed by atoms with E-state index in [0.717, 1.165) is 29.8 Å². The standard InChI is InChI=1S/C30H29F3N2O5/c1-17(36)39-22-10-7-19-16-23-29(38)13-12-21(27-28(29,14-15-34(23)2)25(19)26(22)40-27)35(3)24(37)11-6-18-4-8-20(9-5-18)30(31,32)33/h4-5,7-10,21,23,27,38H,12-16H2,1-3H3/t21-,23+,27-,28-,29?/m0/s1. The lowest BCUT2D eigenvalue weighted by molar-refractivity contribution is -0.195. The zero-order valence-electron chi connectivity index (χ0n) is 22.3. The summed E-state index contributed by atoms with van der Waals surface area (Å²) >= 11 is 0. The number of piperidine rings is 1. The van der Waals surface area contributed by atoms with Crippen molar-refractivity contribution in [3.63, 3.8) is 0 Å². The van der Waals surface area contributed by atoms with E-state index in [9.17, 15) is 27.9 Å².